The number of phenols is 1. The number of nitrogens with one attached hydrogen (secondary N) is 1. The van der Waals surface area contributed by atoms with Crippen LogP contribution in [0.1, 0.15) is 0 Å². The minimum atomic E-state index is 0.308. The molecule has 0 unspecified atom stereocenters. The molecule has 0 atom stereocenters. The Labute approximate surface area is 97.5 Å². The summed E-state index contributed by atoms with van der Waals surface area (Å²) in [6, 6.07) is 5.33. The Balaban J connectivity index is 1.97. The monoisotopic (exact) mass is 235 g/mol. The normalized spacial score (nSPS) is 16.9. The Morgan fingerprint density at radius 3 is 2.94 bits per heavy atom. The van der Waals surface area contributed by atoms with Gasteiger partial charge in [-0.3, -0.25) is 0 Å². The molecule has 16 heavy (non-hydrogen) atoms. The van der Waals surface area contributed by atoms with E-state index in [1.807, 2.05) is 6.07 Å². The number of hydrogen-bond donors (Lipinski definition) is 2. The van der Waals surface area contributed by atoms with Crippen LogP contribution in [0.2, 0.25) is 0 Å². The molecule has 1 aromatic heterocycles. The molecule has 1 saturated heterocycles. The number of aromatic nitrogens is 1. The van der Waals surface area contributed by atoms with Gasteiger partial charge in [0.1, 0.15) is 5.75 Å². The van der Waals surface area contributed by atoms with Gasteiger partial charge < -0.3 is 15.3 Å². The highest BCUT2D eigenvalue weighted by molar-refractivity contribution is 7.22. The summed E-state index contributed by atoms with van der Waals surface area (Å²) in [6.45, 7) is 4.04. The average molecular weight is 235 g/mol. The maximum absolute atomic E-state index is 9.41. The highest BCUT2D eigenvalue weighted by atomic mass is 32.1. The van der Waals surface area contributed by atoms with E-state index in [4.69, 9.17) is 0 Å². The Bertz CT molecular complexity index is 505. The van der Waals surface area contributed by atoms with Crippen LogP contribution < -0.4 is 10.2 Å². The number of hydrogen-bond acceptors (Lipinski definition) is 5. The topological polar surface area (TPSA) is 48.4 Å². The fourth-order valence-electron chi connectivity index (χ4n) is 1.89. The number of fused-ring (bicyclic) bond motifs is 1. The molecule has 0 spiro atoms. The first kappa shape index (κ1) is 9.86. The molecule has 3 rings (SSSR count). The number of aromatic hydroxyl groups is 1. The van der Waals surface area contributed by atoms with Crippen molar-refractivity contribution in [1.82, 2.24) is 10.3 Å². The molecule has 84 valence electrons. The molecule has 1 aromatic carbocycles. The molecule has 0 amide bonds. The van der Waals surface area contributed by atoms with E-state index in [0.717, 1.165) is 41.5 Å². The number of phenolic OH excluding ortho intramolecular Hbond substituents is 1. The number of nitrogens with zero attached hydrogens (tertiary/aromatic N) is 2. The summed E-state index contributed by atoms with van der Waals surface area (Å²) in [5.41, 5.74) is 0.969. The maximum Gasteiger partial charge on any atom is 0.186 e. The summed E-state index contributed by atoms with van der Waals surface area (Å²) in [7, 11) is 0. The van der Waals surface area contributed by atoms with Crippen molar-refractivity contribution >= 4 is 26.7 Å². The lowest BCUT2D eigenvalue weighted by Crippen LogP contribution is -2.43. The first-order valence-electron chi connectivity index (χ1n) is 5.38. The van der Waals surface area contributed by atoms with Gasteiger partial charge in [-0.2, -0.15) is 0 Å². The molecule has 0 saturated carbocycles. The molecule has 2 N–H and O–H groups in total. The molecule has 0 bridgehead atoms. The maximum atomic E-state index is 9.41. The zero-order chi connectivity index (χ0) is 11.0. The summed E-state index contributed by atoms with van der Waals surface area (Å²) in [4.78, 5) is 6.87. The number of thiazole rings is 1. The summed E-state index contributed by atoms with van der Waals surface area (Å²) < 4.78 is 1.05. The van der Waals surface area contributed by atoms with Crippen molar-refractivity contribution in [3.8, 4) is 5.75 Å². The quantitative estimate of drug-likeness (QED) is 0.784. The van der Waals surface area contributed by atoms with Gasteiger partial charge in [-0.15, -0.1) is 0 Å². The van der Waals surface area contributed by atoms with Gasteiger partial charge in [0.25, 0.3) is 0 Å². The number of piperazine rings is 1. The van der Waals surface area contributed by atoms with Crippen molar-refractivity contribution in [2.24, 2.45) is 0 Å². The average Bonchev–Trinajstić information content (AvgIpc) is 2.73. The van der Waals surface area contributed by atoms with Gasteiger partial charge in [0, 0.05) is 26.2 Å². The molecular formula is C11H13N3OS. The SMILES string of the molecule is Oc1ccc2nc(N3CCNCC3)sc2c1. The van der Waals surface area contributed by atoms with Gasteiger partial charge in [-0.1, -0.05) is 11.3 Å². The zero-order valence-electron chi connectivity index (χ0n) is 8.81. The van der Waals surface area contributed by atoms with Crippen molar-refractivity contribution in [3.63, 3.8) is 0 Å². The van der Waals surface area contributed by atoms with Crippen LogP contribution in [0, 0.1) is 0 Å². The lowest BCUT2D eigenvalue weighted by Gasteiger charge is -2.26. The molecule has 4 nitrogen and oxygen atoms in total. The minimum Gasteiger partial charge on any atom is -0.508 e. The van der Waals surface area contributed by atoms with Crippen LogP contribution in [0.3, 0.4) is 0 Å². The largest absolute Gasteiger partial charge is 0.508 e. The van der Waals surface area contributed by atoms with Gasteiger partial charge >= 0.3 is 0 Å². The molecule has 5 heteroatoms. The molecule has 1 aliphatic heterocycles. The summed E-state index contributed by atoms with van der Waals surface area (Å²) in [5, 5.41) is 13.8. The molecule has 0 aliphatic carbocycles. The van der Waals surface area contributed by atoms with Crippen molar-refractivity contribution in [1.29, 1.82) is 0 Å². The number of benzene rings is 1. The Morgan fingerprint density at radius 2 is 2.12 bits per heavy atom. The van der Waals surface area contributed by atoms with E-state index in [0.29, 0.717) is 5.75 Å². The van der Waals surface area contributed by atoms with Crippen LogP contribution in [0.5, 0.6) is 5.75 Å². The Hall–Kier alpha value is -1.33. The van der Waals surface area contributed by atoms with Crippen molar-refractivity contribution in [3.05, 3.63) is 18.2 Å². The first-order valence-corrected chi connectivity index (χ1v) is 6.20. The highest BCUT2D eigenvalue weighted by Gasteiger charge is 2.14. The van der Waals surface area contributed by atoms with Gasteiger partial charge in [0.05, 0.1) is 10.2 Å². The van der Waals surface area contributed by atoms with Crippen molar-refractivity contribution < 1.29 is 5.11 Å². The smallest absolute Gasteiger partial charge is 0.186 e. The van der Waals surface area contributed by atoms with Crippen LogP contribution >= 0.6 is 11.3 Å². The highest BCUT2D eigenvalue weighted by Crippen LogP contribution is 2.30. The zero-order valence-corrected chi connectivity index (χ0v) is 9.63. The van der Waals surface area contributed by atoms with Gasteiger partial charge in [-0.25, -0.2) is 4.98 Å². The van der Waals surface area contributed by atoms with E-state index in [2.05, 4.69) is 15.2 Å². The van der Waals surface area contributed by atoms with Crippen LogP contribution in [0.4, 0.5) is 5.13 Å². The Morgan fingerprint density at radius 1 is 1.31 bits per heavy atom. The summed E-state index contributed by atoms with van der Waals surface area (Å²) >= 11 is 1.64. The number of anilines is 1. The van der Waals surface area contributed by atoms with E-state index in [1.165, 1.54) is 0 Å². The standard InChI is InChI=1S/C11H13N3OS/c15-8-1-2-9-10(7-8)16-11(13-9)14-5-3-12-4-6-14/h1-2,7,12,15H,3-6H2. The van der Waals surface area contributed by atoms with Crippen LogP contribution in [-0.4, -0.2) is 36.3 Å². The predicted octanol–water partition coefficient (Wildman–Crippen LogP) is 1.41. The first-order chi connectivity index (χ1) is 7.83. The van der Waals surface area contributed by atoms with E-state index >= 15 is 0 Å². The lowest BCUT2D eigenvalue weighted by molar-refractivity contribution is 0.476. The van der Waals surface area contributed by atoms with E-state index in [-0.39, 0.29) is 0 Å². The van der Waals surface area contributed by atoms with Gasteiger partial charge in [0.2, 0.25) is 0 Å². The molecule has 0 radical (unpaired) electrons. The third-order valence-electron chi connectivity index (χ3n) is 2.75. The summed E-state index contributed by atoms with van der Waals surface area (Å²) in [6.07, 6.45) is 0. The van der Waals surface area contributed by atoms with Crippen molar-refractivity contribution in [2.45, 2.75) is 0 Å². The van der Waals surface area contributed by atoms with E-state index < -0.39 is 0 Å². The lowest BCUT2D eigenvalue weighted by atomic mass is 10.3. The number of rotatable bonds is 1. The molecule has 1 aliphatic rings. The molecular weight excluding hydrogens is 222 g/mol. The second-order valence-corrected chi connectivity index (χ2v) is 4.89. The predicted molar refractivity (Wildman–Crippen MR) is 66.4 cm³/mol. The fourth-order valence-corrected chi connectivity index (χ4v) is 2.94. The second kappa shape index (κ2) is 3.92. The molecule has 2 heterocycles. The second-order valence-electron chi connectivity index (χ2n) is 3.89. The van der Waals surface area contributed by atoms with Crippen LogP contribution in [0.15, 0.2) is 18.2 Å². The van der Waals surface area contributed by atoms with Crippen LogP contribution in [0.25, 0.3) is 10.2 Å². The molecule has 1 fully saturated rings. The van der Waals surface area contributed by atoms with E-state index in [9.17, 15) is 5.11 Å². The van der Waals surface area contributed by atoms with E-state index in [1.54, 1.807) is 23.5 Å². The minimum absolute atomic E-state index is 0.308. The van der Waals surface area contributed by atoms with Gasteiger partial charge in [-0.05, 0) is 18.2 Å². The molecule has 2 aromatic rings. The van der Waals surface area contributed by atoms with Crippen LogP contribution in [-0.2, 0) is 0 Å². The Kier molecular flexibility index (Phi) is 2.41. The third-order valence-corrected chi connectivity index (χ3v) is 3.83. The fraction of sp³-hybridized carbons (Fsp3) is 0.364. The third kappa shape index (κ3) is 1.72. The van der Waals surface area contributed by atoms with Crippen molar-refractivity contribution in [2.75, 3.05) is 31.1 Å². The van der Waals surface area contributed by atoms with Gasteiger partial charge in [0.15, 0.2) is 5.13 Å². The summed E-state index contributed by atoms with van der Waals surface area (Å²) in [5.74, 6) is 0.308.